The van der Waals surface area contributed by atoms with E-state index in [1.54, 1.807) is 12.1 Å². The highest BCUT2D eigenvalue weighted by Gasteiger charge is 2.33. The number of piperazine rings is 1. The topological polar surface area (TPSA) is 55.8 Å². The first kappa shape index (κ1) is 17.2. The quantitative estimate of drug-likeness (QED) is 0.891. The van der Waals surface area contributed by atoms with E-state index >= 15 is 0 Å². The van der Waals surface area contributed by atoms with Crippen molar-refractivity contribution >= 4 is 5.91 Å². The molecule has 5 nitrogen and oxygen atoms in total. The number of rotatable bonds is 3. The maximum Gasteiger partial charge on any atom is 0.244 e. The summed E-state index contributed by atoms with van der Waals surface area (Å²) in [6.45, 7) is 6.46. The molecule has 2 N–H and O–H groups in total. The summed E-state index contributed by atoms with van der Waals surface area (Å²) < 4.78 is 0. The Morgan fingerprint density at radius 3 is 2.62 bits per heavy atom. The molecule has 0 bridgehead atoms. The Hall–Kier alpha value is -1.59. The lowest BCUT2D eigenvalue weighted by molar-refractivity contribution is -0.137. The maximum absolute atomic E-state index is 13.4. The zero-order valence-electron chi connectivity index (χ0n) is 14.6. The van der Waals surface area contributed by atoms with Crippen molar-refractivity contribution in [2.45, 2.75) is 44.7 Å². The smallest absolute Gasteiger partial charge is 0.244 e. The number of carbonyl (C=O) groups is 1. The van der Waals surface area contributed by atoms with Gasteiger partial charge in [0.25, 0.3) is 0 Å². The van der Waals surface area contributed by atoms with E-state index in [1.807, 2.05) is 17.0 Å². The second kappa shape index (κ2) is 7.99. The number of amides is 1. The fourth-order valence-corrected chi connectivity index (χ4v) is 3.87. The molecule has 2 saturated heterocycles. The van der Waals surface area contributed by atoms with Crippen molar-refractivity contribution in [3.8, 4) is 5.75 Å². The number of nitrogens with one attached hydrogen (secondary N) is 1. The van der Waals surface area contributed by atoms with Crippen LogP contribution in [0.4, 0.5) is 0 Å². The first-order valence-corrected chi connectivity index (χ1v) is 9.20. The van der Waals surface area contributed by atoms with E-state index in [1.165, 1.54) is 12.8 Å². The van der Waals surface area contributed by atoms with Gasteiger partial charge in [0.2, 0.25) is 5.91 Å². The molecule has 2 unspecified atom stereocenters. The monoisotopic (exact) mass is 331 g/mol. The summed E-state index contributed by atoms with van der Waals surface area (Å²) >= 11 is 0. The summed E-state index contributed by atoms with van der Waals surface area (Å²) in [5.41, 5.74) is 0.901. The number of carbonyl (C=O) groups excluding carboxylic acids is 1. The average Bonchev–Trinajstić information content (AvgIpc) is 2.84. The molecule has 0 aromatic heterocycles. The van der Waals surface area contributed by atoms with Crippen LogP contribution >= 0.6 is 0 Å². The molecule has 5 heteroatoms. The molecule has 1 aromatic carbocycles. The molecule has 24 heavy (non-hydrogen) atoms. The minimum absolute atomic E-state index is 0.191. The van der Waals surface area contributed by atoms with E-state index in [4.69, 9.17) is 0 Å². The second-order valence-corrected chi connectivity index (χ2v) is 7.09. The fraction of sp³-hybridized carbons (Fsp3) is 0.632. The second-order valence-electron chi connectivity index (χ2n) is 7.09. The number of hydrogen-bond acceptors (Lipinski definition) is 4. The van der Waals surface area contributed by atoms with Crippen molar-refractivity contribution in [2.24, 2.45) is 0 Å². The molecule has 0 spiro atoms. The van der Waals surface area contributed by atoms with E-state index in [2.05, 4.69) is 17.1 Å². The lowest BCUT2D eigenvalue weighted by atomic mass is 10.0. The molecule has 2 atom stereocenters. The van der Waals surface area contributed by atoms with Gasteiger partial charge in [-0.05, 0) is 37.5 Å². The van der Waals surface area contributed by atoms with E-state index in [9.17, 15) is 9.90 Å². The number of hydrogen-bond donors (Lipinski definition) is 2. The van der Waals surface area contributed by atoms with Crippen LogP contribution in [-0.4, -0.2) is 59.6 Å². The minimum Gasteiger partial charge on any atom is -0.508 e. The standard InChI is InChI=1S/C19H29N3O2/c1-15-14-22(12-9-20-15)18(16-7-6-8-17(23)13-16)19(24)21-10-4-2-3-5-11-21/h6-8,13,15,18,20,23H,2-5,9-12,14H2,1H3. The maximum atomic E-state index is 13.4. The van der Waals surface area contributed by atoms with Crippen LogP contribution in [0.25, 0.3) is 0 Å². The number of aromatic hydroxyl groups is 1. The van der Waals surface area contributed by atoms with Crippen molar-refractivity contribution in [1.82, 2.24) is 15.1 Å². The van der Waals surface area contributed by atoms with Crippen LogP contribution in [0.2, 0.25) is 0 Å². The third-order valence-corrected chi connectivity index (χ3v) is 5.10. The molecule has 3 rings (SSSR count). The van der Waals surface area contributed by atoms with Gasteiger partial charge in [-0.2, -0.15) is 0 Å². The zero-order chi connectivity index (χ0) is 16.9. The SMILES string of the molecule is CC1CN(C(C(=O)N2CCCCCC2)c2cccc(O)c2)CCN1. The van der Waals surface area contributed by atoms with Crippen molar-refractivity contribution in [2.75, 3.05) is 32.7 Å². The predicted molar refractivity (Wildman–Crippen MR) is 94.9 cm³/mol. The third-order valence-electron chi connectivity index (χ3n) is 5.10. The normalized spacial score (nSPS) is 24.4. The molecular weight excluding hydrogens is 302 g/mol. The fourth-order valence-electron chi connectivity index (χ4n) is 3.87. The highest BCUT2D eigenvalue weighted by Crippen LogP contribution is 2.28. The van der Waals surface area contributed by atoms with Gasteiger partial charge in [0, 0.05) is 38.8 Å². The summed E-state index contributed by atoms with van der Waals surface area (Å²) in [4.78, 5) is 17.7. The Bertz CT molecular complexity index is 555. The van der Waals surface area contributed by atoms with Crippen molar-refractivity contribution in [3.63, 3.8) is 0 Å². The first-order chi connectivity index (χ1) is 11.6. The van der Waals surface area contributed by atoms with Crippen LogP contribution < -0.4 is 5.32 Å². The number of nitrogens with zero attached hydrogens (tertiary/aromatic N) is 2. The van der Waals surface area contributed by atoms with Gasteiger partial charge in [-0.1, -0.05) is 25.0 Å². The van der Waals surface area contributed by atoms with Crippen LogP contribution in [0.15, 0.2) is 24.3 Å². The van der Waals surface area contributed by atoms with Crippen molar-refractivity contribution < 1.29 is 9.90 Å². The zero-order valence-corrected chi connectivity index (χ0v) is 14.6. The molecule has 2 aliphatic heterocycles. The van der Waals surface area contributed by atoms with E-state index in [-0.39, 0.29) is 17.7 Å². The highest BCUT2D eigenvalue weighted by atomic mass is 16.3. The molecule has 2 heterocycles. The van der Waals surface area contributed by atoms with Crippen LogP contribution in [0.3, 0.4) is 0 Å². The molecule has 132 valence electrons. The summed E-state index contributed by atoms with van der Waals surface area (Å²) in [6.07, 6.45) is 4.61. The number of phenolic OH excluding ortho intramolecular Hbond substituents is 1. The first-order valence-electron chi connectivity index (χ1n) is 9.20. The van der Waals surface area contributed by atoms with E-state index in [0.717, 1.165) is 51.1 Å². The Morgan fingerprint density at radius 2 is 1.96 bits per heavy atom. The van der Waals surface area contributed by atoms with Gasteiger partial charge < -0.3 is 15.3 Å². The van der Waals surface area contributed by atoms with Crippen molar-refractivity contribution in [1.29, 1.82) is 0 Å². The summed E-state index contributed by atoms with van der Waals surface area (Å²) in [5, 5.41) is 13.3. The lowest BCUT2D eigenvalue weighted by Crippen LogP contribution is -2.53. The van der Waals surface area contributed by atoms with Crippen molar-refractivity contribution in [3.05, 3.63) is 29.8 Å². The Morgan fingerprint density at radius 1 is 1.21 bits per heavy atom. The van der Waals surface area contributed by atoms with E-state index < -0.39 is 0 Å². The lowest BCUT2D eigenvalue weighted by Gasteiger charge is -2.39. The molecule has 2 aliphatic rings. The molecule has 0 aliphatic carbocycles. The molecule has 2 fully saturated rings. The molecular formula is C19H29N3O2. The van der Waals surface area contributed by atoms with Gasteiger partial charge in [-0.15, -0.1) is 0 Å². The molecule has 1 amide bonds. The van der Waals surface area contributed by atoms with E-state index in [0.29, 0.717) is 6.04 Å². The van der Waals surface area contributed by atoms with Gasteiger partial charge in [0.05, 0.1) is 0 Å². The van der Waals surface area contributed by atoms with Gasteiger partial charge in [0.15, 0.2) is 0 Å². The Kier molecular flexibility index (Phi) is 5.74. The molecule has 0 radical (unpaired) electrons. The van der Waals surface area contributed by atoms with Gasteiger partial charge in [-0.25, -0.2) is 0 Å². The van der Waals surface area contributed by atoms with Crippen LogP contribution in [0.5, 0.6) is 5.75 Å². The molecule has 1 aromatic rings. The average molecular weight is 331 g/mol. The molecule has 0 saturated carbocycles. The largest absolute Gasteiger partial charge is 0.508 e. The third kappa shape index (κ3) is 4.08. The number of phenols is 1. The Balaban J connectivity index is 1.87. The van der Waals surface area contributed by atoms with Crippen LogP contribution in [0.1, 0.15) is 44.2 Å². The number of benzene rings is 1. The summed E-state index contributed by atoms with van der Waals surface area (Å²) in [6, 6.07) is 7.28. The summed E-state index contributed by atoms with van der Waals surface area (Å²) in [7, 11) is 0. The Labute approximate surface area is 144 Å². The van der Waals surface area contributed by atoms with Gasteiger partial charge in [0.1, 0.15) is 11.8 Å². The number of likely N-dealkylation sites (tertiary alicyclic amines) is 1. The van der Waals surface area contributed by atoms with Crippen LogP contribution in [0, 0.1) is 0 Å². The van der Waals surface area contributed by atoms with Gasteiger partial charge in [-0.3, -0.25) is 9.69 Å². The predicted octanol–water partition coefficient (Wildman–Crippen LogP) is 2.13. The van der Waals surface area contributed by atoms with Crippen LogP contribution in [-0.2, 0) is 4.79 Å². The minimum atomic E-state index is -0.292. The van der Waals surface area contributed by atoms with Gasteiger partial charge >= 0.3 is 0 Å². The highest BCUT2D eigenvalue weighted by molar-refractivity contribution is 5.83. The summed E-state index contributed by atoms with van der Waals surface area (Å²) in [5.74, 6) is 0.418.